The summed E-state index contributed by atoms with van der Waals surface area (Å²) in [7, 11) is -1.70. The average Bonchev–Trinajstić information content (AvgIpc) is 3.59. The largest absolute Gasteiger partial charge is 0.497 e. The van der Waals surface area contributed by atoms with Crippen LogP contribution in [0.25, 0.3) is 0 Å². The Hall–Kier alpha value is -3.34. The molecule has 3 heterocycles. The van der Waals surface area contributed by atoms with E-state index in [4.69, 9.17) is 9.47 Å². The molecule has 0 aliphatic carbocycles. The normalized spacial score (nSPS) is 24.9. The molecule has 5 rings (SSSR count). The van der Waals surface area contributed by atoms with Crippen molar-refractivity contribution in [3.63, 3.8) is 0 Å². The molecule has 2 aliphatic heterocycles. The number of aliphatic hydroxyl groups excluding tert-OH is 1. The highest BCUT2D eigenvalue weighted by atomic mass is 28.4. The van der Waals surface area contributed by atoms with E-state index in [1.165, 1.54) is 0 Å². The van der Waals surface area contributed by atoms with E-state index in [0.29, 0.717) is 36.5 Å². The lowest BCUT2D eigenvalue weighted by Gasteiger charge is -2.31. The van der Waals surface area contributed by atoms with Crippen molar-refractivity contribution in [2.75, 3.05) is 25.2 Å². The van der Waals surface area contributed by atoms with Gasteiger partial charge in [0.15, 0.2) is 5.60 Å². The zero-order chi connectivity index (χ0) is 28.7. The van der Waals surface area contributed by atoms with Crippen LogP contribution in [0, 0.1) is 5.92 Å². The fraction of sp³-hybridized carbons (Fsp3) is 0.433. The summed E-state index contributed by atoms with van der Waals surface area (Å²) in [5.74, 6) is -0.249. The van der Waals surface area contributed by atoms with Gasteiger partial charge in [0.05, 0.1) is 37.1 Å². The summed E-state index contributed by atoms with van der Waals surface area (Å²) in [5.41, 5.74) is 1.35. The molecule has 0 saturated carbocycles. The minimum absolute atomic E-state index is 0.0929. The van der Waals surface area contributed by atoms with Gasteiger partial charge in [-0.1, -0.05) is 48.5 Å². The Morgan fingerprint density at radius 2 is 2.02 bits per heavy atom. The highest BCUT2D eigenvalue weighted by molar-refractivity contribution is 6.72. The molecule has 1 amide bonds. The summed E-state index contributed by atoms with van der Waals surface area (Å²) in [6, 6.07) is 15.2. The summed E-state index contributed by atoms with van der Waals surface area (Å²) in [4.78, 5) is 15.8. The van der Waals surface area contributed by atoms with Crippen molar-refractivity contribution in [3.05, 3.63) is 84.2 Å². The number of carbonyl (C=O) groups excluding carboxylic acids is 1. The van der Waals surface area contributed by atoms with E-state index in [1.807, 2.05) is 61.7 Å². The third kappa shape index (κ3) is 4.67. The van der Waals surface area contributed by atoms with E-state index in [-0.39, 0.29) is 24.3 Å². The smallest absolute Gasteiger partial charge is 0.264 e. The number of halogens is 1. The number of benzene rings is 2. The van der Waals surface area contributed by atoms with E-state index in [1.54, 1.807) is 35.9 Å². The van der Waals surface area contributed by atoms with Gasteiger partial charge in [-0.2, -0.15) is 0 Å². The van der Waals surface area contributed by atoms with Crippen LogP contribution in [-0.2, 0) is 21.7 Å². The second kappa shape index (κ2) is 10.9. The molecule has 1 fully saturated rings. The SMILES string of the molecule is C=CCN1C(=O)[C@]2(O[C@H](CCn3cc(C(CO)c4ccccc4)nn3)[C@@H]([Si](C)(C)F)[C@@H]2C)c2cc(OC)ccc21. The van der Waals surface area contributed by atoms with E-state index in [9.17, 15) is 9.90 Å². The van der Waals surface area contributed by atoms with E-state index in [2.05, 4.69) is 16.9 Å². The van der Waals surface area contributed by atoms with Crippen molar-refractivity contribution in [2.45, 2.75) is 56.1 Å². The summed E-state index contributed by atoms with van der Waals surface area (Å²) in [6.07, 6.45) is 3.47. The quantitative estimate of drug-likeness (QED) is 0.216. The zero-order valence-electron chi connectivity index (χ0n) is 23.5. The number of hydrogen-bond donors (Lipinski definition) is 1. The predicted molar refractivity (Wildman–Crippen MR) is 154 cm³/mol. The second-order valence-electron chi connectivity index (χ2n) is 11.2. The Morgan fingerprint density at radius 1 is 1.27 bits per heavy atom. The lowest BCUT2D eigenvalue weighted by atomic mass is 9.82. The molecule has 0 radical (unpaired) electrons. The number of methoxy groups -OCH3 is 1. The number of aryl methyl sites for hydroxylation is 1. The van der Waals surface area contributed by atoms with Crippen LogP contribution in [0.4, 0.5) is 9.80 Å². The number of amides is 1. The maximum Gasteiger partial charge on any atom is 0.264 e. The molecule has 10 heteroatoms. The first-order valence-electron chi connectivity index (χ1n) is 13.7. The number of nitrogens with zero attached hydrogens (tertiary/aromatic N) is 4. The number of carbonyl (C=O) groups is 1. The molecule has 3 aromatic rings. The number of hydrogen-bond acceptors (Lipinski definition) is 6. The van der Waals surface area contributed by atoms with Crippen molar-refractivity contribution >= 4 is 20.0 Å². The molecule has 8 nitrogen and oxygen atoms in total. The second-order valence-corrected chi connectivity index (χ2v) is 15.0. The number of ether oxygens (including phenoxy) is 2. The predicted octanol–water partition coefficient (Wildman–Crippen LogP) is 4.81. The number of fused-ring (bicyclic) bond motifs is 2. The fourth-order valence-electron chi connectivity index (χ4n) is 6.63. The van der Waals surface area contributed by atoms with Gasteiger partial charge in [0.1, 0.15) is 5.75 Å². The Morgan fingerprint density at radius 3 is 2.67 bits per heavy atom. The molecular formula is C30H37FN4O4Si. The summed E-state index contributed by atoms with van der Waals surface area (Å²) >= 11 is 0. The van der Waals surface area contributed by atoms with Crippen LogP contribution < -0.4 is 9.64 Å². The van der Waals surface area contributed by atoms with Gasteiger partial charge >= 0.3 is 0 Å². The number of aromatic nitrogens is 3. The highest BCUT2D eigenvalue weighted by Crippen LogP contribution is 2.60. The van der Waals surface area contributed by atoms with Crippen molar-refractivity contribution in [1.82, 2.24) is 15.0 Å². The highest BCUT2D eigenvalue weighted by Gasteiger charge is 2.66. The van der Waals surface area contributed by atoms with Crippen LogP contribution in [0.5, 0.6) is 5.75 Å². The Balaban J connectivity index is 1.44. The fourth-order valence-corrected chi connectivity index (χ4v) is 9.17. The number of aliphatic hydroxyl groups is 1. The van der Waals surface area contributed by atoms with Crippen LogP contribution in [0.1, 0.15) is 36.1 Å². The zero-order valence-corrected chi connectivity index (χ0v) is 24.5. The molecule has 5 atom stereocenters. The molecule has 1 saturated heterocycles. The van der Waals surface area contributed by atoms with Gasteiger partial charge in [-0.15, -0.1) is 11.7 Å². The van der Waals surface area contributed by atoms with E-state index < -0.39 is 25.7 Å². The van der Waals surface area contributed by atoms with Gasteiger partial charge < -0.3 is 23.6 Å². The first-order valence-corrected chi connectivity index (χ1v) is 16.6. The standard InChI is InChI=1S/C30H37FN4O4Si/c1-6-15-35-26-13-12-22(38-3)17-24(26)30(29(35)37)20(2)28(40(4,5)31)27(39-30)14-16-34-18-25(32-33-34)23(19-36)21-10-8-7-9-11-21/h6-13,17-18,20,23,27-28,36H,1,14-16,19H2,2-5H3/t20-,23?,27+,28-,30+/m0/s1. The number of anilines is 1. The average molecular weight is 565 g/mol. The summed E-state index contributed by atoms with van der Waals surface area (Å²) in [6.45, 7) is 9.82. The molecule has 40 heavy (non-hydrogen) atoms. The monoisotopic (exact) mass is 564 g/mol. The topological polar surface area (TPSA) is 89.7 Å². The van der Waals surface area contributed by atoms with Gasteiger partial charge in [-0.3, -0.25) is 9.48 Å². The lowest BCUT2D eigenvalue weighted by molar-refractivity contribution is -0.145. The first-order chi connectivity index (χ1) is 19.1. The Bertz CT molecular complexity index is 1380. The summed E-state index contributed by atoms with van der Waals surface area (Å²) in [5, 5.41) is 18.6. The van der Waals surface area contributed by atoms with Crippen LogP contribution in [0.3, 0.4) is 0 Å². The first kappa shape index (κ1) is 28.2. The van der Waals surface area contributed by atoms with Crippen molar-refractivity contribution in [3.8, 4) is 5.75 Å². The van der Waals surface area contributed by atoms with Gasteiger partial charge in [-0.05, 0) is 43.3 Å². The molecular weight excluding hydrogens is 527 g/mol. The maximum atomic E-state index is 16.0. The maximum absolute atomic E-state index is 16.0. The summed E-state index contributed by atoms with van der Waals surface area (Å²) < 4.78 is 30.0. The number of rotatable bonds is 10. The van der Waals surface area contributed by atoms with Gasteiger partial charge in [0.25, 0.3) is 5.91 Å². The van der Waals surface area contributed by atoms with Crippen LogP contribution in [0.2, 0.25) is 18.6 Å². The van der Waals surface area contributed by atoms with Crippen LogP contribution in [0.15, 0.2) is 67.4 Å². The molecule has 1 aromatic heterocycles. The molecule has 1 N–H and O–H groups in total. The molecule has 2 aliphatic rings. The van der Waals surface area contributed by atoms with Crippen LogP contribution >= 0.6 is 0 Å². The van der Waals surface area contributed by atoms with E-state index in [0.717, 1.165) is 11.3 Å². The lowest BCUT2D eigenvalue weighted by Crippen LogP contribution is -2.45. The van der Waals surface area contributed by atoms with E-state index >= 15 is 4.11 Å². The molecule has 1 spiro atoms. The van der Waals surface area contributed by atoms with Gasteiger partial charge in [-0.25, -0.2) is 0 Å². The molecule has 1 unspecified atom stereocenters. The Labute approximate surface area is 235 Å². The van der Waals surface area contributed by atoms with Gasteiger partial charge in [0, 0.05) is 36.3 Å². The van der Waals surface area contributed by atoms with Gasteiger partial charge in [0.2, 0.25) is 8.41 Å². The molecule has 2 aromatic carbocycles. The Kier molecular flexibility index (Phi) is 7.69. The van der Waals surface area contributed by atoms with Crippen molar-refractivity contribution in [1.29, 1.82) is 0 Å². The third-order valence-electron chi connectivity index (χ3n) is 8.42. The molecule has 0 bridgehead atoms. The molecule has 212 valence electrons. The minimum atomic E-state index is -3.28. The third-order valence-corrected chi connectivity index (χ3v) is 10.9. The van der Waals surface area contributed by atoms with Crippen LogP contribution in [-0.4, -0.2) is 60.8 Å². The van der Waals surface area contributed by atoms with Crippen molar-refractivity contribution in [2.24, 2.45) is 5.92 Å². The van der Waals surface area contributed by atoms with Crippen molar-refractivity contribution < 1.29 is 23.5 Å². The minimum Gasteiger partial charge on any atom is -0.497 e.